The van der Waals surface area contributed by atoms with Crippen LogP contribution >= 0.6 is 11.6 Å². The molecular formula is C19H25ClN4O. The number of hydrogen-bond donors (Lipinski definition) is 1. The third kappa shape index (κ3) is 4.61. The quantitative estimate of drug-likeness (QED) is 0.860. The van der Waals surface area contributed by atoms with Crippen LogP contribution in [-0.4, -0.2) is 58.6 Å². The van der Waals surface area contributed by atoms with Gasteiger partial charge in [-0.05, 0) is 44.3 Å². The van der Waals surface area contributed by atoms with Crippen molar-refractivity contribution in [1.29, 1.82) is 0 Å². The highest BCUT2D eigenvalue weighted by atomic mass is 35.5. The minimum Gasteiger partial charge on any atom is -0.336 e. The maximum atomic E-state index is 12.6. The number of carbonyl (C=O) groups excluding carboxylic acids is 1. The Labute approximate surface area is 154 Å². The lowest BCUT2D eigenvalue weighted by molar-refractivity contribution is 0.0611. The average molecular weight is 361 g/mol. The summed E-state index contributed by atoms with van der Waals surface area (Å²) in [5.41, 5.74) is 1.77. The second kappa shape index (κ2) is 8.50. The summed E-state index contributed by atoms with van der Waals surface area (Å²) in [4.78, 5) is 16.9. The van der Waals surface area contributed by atoms with E-state index in [0.29, 0.717) is 10.7 Å². The van der Waals surface area contributed by atoms with E-state index in [-0.39, 0.29) is 11.9 Å². The Morgan fingerprint density at radius 2 is 2.20 bits per heavy atom. The van der Waals surface area contributed by atoms with Crippen LogP contribution in [0.15, 0.2) is 36.5 Å². The first kappa shape index (κ1) is 18.0. The molecule has 3 rings (SSSR count). The molecule has 0 spiro atoms. The number of aryl methyl sites for hydroxylation is 1. The van der Waals surface area contributed by atoms with Gasteiger partial charge in [-0.2, -0.15) is 5.10 Å². The zero-order chi connectivity index (χ0) is 17.6. The number of rotatable bonds is 6. The topological polar surface area (TPSA) is 52.2 Å². The van der Waals surface area contributed by atoms with Crippen LogP contribution in [-0.2, 0) is 6.42 Å². The van der Waals surface area contributed by atoms with E-state index in [2.05, 4.69) is 45.4 Å². The normalized spacial score (nSPS) is 18.2. The van der Waals surface area contributed by atoms with Gasteiger partial charge < -0.3 is 9.80 Å². The first-order valence-corrected chi connectivity index (χ1v) is 9.25. The molecule has 0 aliphatic carbocycles. The number of amides is 1. The van der Waals surface area contributed by atoms with E-state index in [1.54, 1.807) is 0 Å². The standard InChI is InChI=1S/C19H25ClN4O/c1-23(19(25)18-17(20)13-21-22-18)16-10-6-12-24(14-16)11-5-9-15-7-3-2-4-8-15/h2-4,7-8,13,16H,5-6,9-12,14H2,1H3,(H,21,22)/t16-/m1/s1. The van der Waals surface area contributed by atoms with Crippen LogP contribution in [0.2, 0.25) is 5.02 Å². The van der Waals surface area contributed by atoms with Gasteiger partial charge in [0.05, 0.1) is 11.2 Å². The molecule has 0 radical (unpaired) electrons. The largest absolute Gasteiger partial charge is 0.336 e. The van der Waals surface area contributed by atoms with Crippen molar-refractivity contribution in [3.05, 3.63) is 52.8 Å². The van der Waals surface area contributed by atoms with Gasteiger partial charge in [-0.25, -0.2) is 0 Å². The molecule has 0 bridgehead atoms. The minimum absolute atomic E-state index is 0.0846. The summed E-state index contributed by atoms with van der Waals surface area (Å²) >= 11 is 6.02. The maximum absolute atomic E-state index is 12.6. The first-order chi connectivity index (χ1) is 12.1. The van der Waals surface area contributed by atoms with E-state index in [9.17, 15) is 4.79 Å². The summed E-state index contributed by atoms with van der Waals surface area (Å²) in [5, 5.41) is 6.92. The highest BCUT2D eigenvalue weighted by Crippen LogP contribution is 2.20. The van der Waals surface area contributed by atoms with Crippen LogP contribution in [0.1, 0.15) is 35.3 Å². The molecule has 1 aliphatic heterocycles. The molecule has 25 heavy (non-hydrogen) atoms. The lowest BCUT2D eigenvalue weighted by Crippen LogP contribution is -2.48. The van der Waals surface area contributed by atoms with Gasteiger partial charge in [-0.3, -0.25) is 9.89 Å². The number of likely N-dealkylation sites (tertiary alicyclic amines) is 1. The number of hydrogen-bond acceptors (Lipinski definition) is 3. The molecule has 1 amide bonds. The Hall–Kier alpha value is -1.85. The van der Waals surface area contributed by atoms with Gasteiger partial charge in [0.2, 0.25) is 0 Å². The van der Waals surface area contributed by atoms with Gasteiger partial charge in [-0.15, -0.1) is 0 Å². The second-order valence-electron chi connectivity index (χ2n) is 6.69. The number of nitrogens with zero attached hydrogens (tertiary/aromatic N) is 3. The number of aromatic amines is 1. The average Bonchev–Trinajstić information content (AvgIpc) is 3.07. The van der Waals surface area contributed by atoms with E-state index in [1.165, 1.54) is 11.8 Å². The predicted molar refractivity (Wildman–Crippen MR) is 99.9 cm³/mol. The molecule has 0 unspecified atom stereocenters. The fourth-order valence-electron chi connectivity index (χ4n) is 3.47. The van der Waals surface area contributed by atoms with Crippen LogP contribution in [0, 0.1) is 0 Å². The number of aromatic nitrogens is 2. The first-order valence-electron chi connectivity index (χ1n) is 8.87. The summed E-state index contributed by atoms with van der Waals surface area (Å²) in [6.45, 7) is 3.10. The van der Waals surface area contributed by atoms with Gasteiger partial charge in [0, 0.05) is 19.6 Å². The fourth-order valence-corrected chi connectivity index (χ4v) is 3.64. The molecule has 1 atom stereocenters. The molecule has 0 saturated carbocycles. The number of benzene rings is 1. The fraction of sp³-hybridized carbons (Fsp3) is 0.474. The zero-order valence-electron chi connectivity index (χ0n) is 14.6. The maximum Gasteiger partial charge on any atom is 0.273 e. The Balaban J connectivity index is 1.50. The molecule has 5 nitrogen and oxygen atoms in total. The lowest BCUT2D eigenvalue weighted by atomic mass is 10.0. The smallest absolute Gasteiger partial charge is 0.273 e. The van der Waals surface area contributed by atoms with Crippen LogP contribution in [0.4, 0.5) is 0 Å². The monoisotopic (exact) mass is 360 g/mol. The van der Waals surface area contributed by atoms with Gasteiger partial charge in [0.15, 0.2) is 0 Å². The SMILES string of the molecule is CN(C(=O)c1[nH]ncc1Cl)[C@@H]1CCCN(CCCc2ccccc2)C1. The zero-order valence-corrected chi connectivity index (χ0v) is 15.4. The van der Waals surface area contributed by atoms with E-state index in [1.807, 2.05) is 11.9 Å². The van der Waals surface area contributed by atoms with Gasteiger partial charge in [-0.1, -0.05) is 41.9 Å². The lowest BCUT2D eigenvalue weighted by Gasteiger charge is -2.37. The molecule has 2 aromatic rings. The van der Waals surface area contributed by atoms with E-state index in [0.717, 1.165) is 45.3 Å². The van der Waals surface area contributed by atoms with Gasteiger partial charge in [0.25, 0.3) is 5.91 Å². The van der Waals surface area contributed by atoms with Crippen molar-refractivity contribution in [2.75, 3.05) is 26.7 Å². The van der Waals surface area contributed by atoms with Crippen molar-refractivity contribution >= 4 is 17.5 Å². The Morgan fingerprint density at radius 1 is 1.40 bits per heavy atom. The molecule has 1 aliphatic rings. The third-order valence-corrected chi connectivity index (χ3v) is 5.22. The number of carbonyl (C=O) groups is 1. The Bertz CT molecular complexity index is 688. The number of piperidine rings is 1. The molecule has 2 heterocycles. The van der Waals surface area contributed by atoms with Crippen molar-refractivity contribution < 1.29 is 4.79 Å². The van der Waals surface area contributed by atoms with Crippen LogP contribution in [0.5, 0.6) is 0 Å². The van der Waals surface area contributed by atoms with E-state index >= 15 is 0 Å². The number of halogens is 1. The van der Waals surface area contributed by atoms with Crippen LogP contribution in [0.3, 0.4) is 0 Å². The summed E-state index contributed by atoms with van der Waals surface area (Å²) in [6, 6.07) is 10.8. The second-order valence-corrected chi connectivity index (χ2v) is 7.10. The Morgan fingerprint density at radius 3 is 2.92 bits per heavy atom. The number of nitrogens with one attached hydrogen (secondary N) is 1. The number of likely N-dealkylation sites (N-methyl/N-ethyl adjacent to an activating group) is 1. The minimum atomic E-state index is -0.0846. The predicted octanol–water partition coefficient (Wildman–Crippen LogP) is 3.23. The molecule has 134 valence electrons. The molecule has 1 aromatic carbocycles. The van der Waals surface area contributed by atoms with Crippen molar-refractivity contribution in [2.45, 2.75) is 31.7 Å². The summed E-state index contributed by atoms with van der Waals surface area (Å²) < 4.78 is 0. The van der Waals surface area contributed by atoms with Crippen molar-refractivity contribution in [3.8, 4) is 0 Å². The van der Waals surface area contributed by atoms with Gasteiger partial charge >= 0.3 is 0 Å². The van der Waals surface area contributed by atoms with Crippen LogP contribution < -0.4 is 0 Å². The van der Waals surface area contributed by atoms with Crippen molar-refractivity contribution in [3.63, 3.8) is 0 Å². The highest BCUT2D eigenvalue weighted by Gasteiger charge is 2.28. The number of H-pyrrole nitrogens is 1. The third-order valence-electron chi connectivity index (χ3n) is 4.94. The molecule has 1 fully saturated rings. The summed E-state index contributed by atoms with van der Waals surface area (Å²) in [7, 11) is 1.86. The highest BCUT2D eigenvalue weighted by molar-refractivity contribution is 6.33. The van der Waals surface area contributed by atoms with Gasteiger partial charge in [0.1, 0.15) is 5.69 Å². The molecule has 1 saturated heterocycles. The Kier molecular flexibility index (Phi) is 6.10. The van der Waals surface area contributed by atoms with E-state index < -0.39 is 0 Å². The summed E-state index contributed by atoms with van der Waals surface area (Å²) in [5.74, 6) is -0.0846. The van der Waals surface area contributed by atoms with Crippen molar-refractivity contribution in [1.82, 2.24) is 20.0 Å². The molecule has 1 N–H and O–H groups in total. The van der Waals surface area contributed by atoms with E-state index in [4.69, 9.17) is 11.6 Å². The van der Waals surface area contributed by atoms with Crippen molar-refractivity contribution in [2.24, 2.45) is 0 Å². The molecule has 1 aromatic heterocycles. The summed E-state index contributed by atoms with van der Waals surface area (Å²) in [6.07, 6.45) is 5.86. The molecule has 6 heteroatoms. The van der Waals surface area contributed by atoms with Crippen LogP contribution in [0.25, 0.3) is 0 Å². The molecular weight excluding hydrogens is 336 g/mol.